The highest BCUT2D eigenvalue weighted by molar-refractivity contribution is 5.83. The fraction of sp³-hybridized carbons (Fsp3) is 0.579. The summed E-state index contributed by atoms with van der Waals surface area (Å²) in [6.07, 6.45) is -7.98. The van der Waals surface area contributed by atoms with Gasteiger partial charge in [0.1, 0.15) is 5.60 Å². The van der Waals surface area contributed by atoms with Crippen molar-refractivity contribution in [3.05, 3.63) is 35.9 Å². The second-order valence-electron chi connectivity index (χ2n) is 7.16. The first-order valence-electron chi connectivity index (χ1n) is 8.58. The van der Waals surface area contributed by atoms with Gasteiger partial charge >= 0.3 is 12.1 Å². The van der Waals surface area contributed by atoms with Crippen molar-refractivity contribution < 1.29 is 32.2 Å². The molecule has 8 heteroatoms. The molecule has 0 radical (unpaired) electrons. The van der Waals surface area contributed by atoms with Crippen molar-refractivity contribution in [2.75, 3.05) is 7.05 Å². The predicted octanol–water partition coefficient (Wildman–Crippen LogP) is 3.62. The van der Waals surface area contributed by atoms with Crippen molar-refractivity contribution in [3.63, 3.8) is 0 Å². The Balaban J connectivity index is 2.85. The van der Waals surface area contributed by atoms with Gasteiger partial charge in [-0.05, 0) is 32.8 Å². The van der Waals surface area contributed by atoms with Gasteiger partial charge in [-0.15, -0.1) is 0 Å². The SMILES string of the molecule is CNC(=O)[C@H](CC(=O)OC(C)(C)C)CC(OCc1ccccc1)C(F)(F)F. The van der Waals surface area contributed by atoms with Crippen LogP contribution in [0.25, 0.3) is 0 Å². The van der Waals surface area contributed by atoms with Crippen LogP contribution in [0, 0.1) is 5.92 Å². The maximum absolute atomic E-state index is 13.4. The fourth-order valence-electron chi connectivity index (χ4n) is 2.40. The van der Waals surface area contributed by atoms with Gasteiger partial charge in [0.15, 0.2) is 6.10 Å². The molecular weight excluding hydrogens is 363 g/mol. The third-order valence-corrected chi connectivity index (χ3v) is 3.61. The van der Waals surface area contributed by atoms with Gasteiger partial charge in [0.05, 0.1) is 18.9 Å². The van der Waals surface area contributed by atoms with E-state index < -0.39 is 48.5 Å². The van der Waals surface area contributed by atoms with E-state index in [4.69, 9.17) is 9.47 Å². The summed E-state index contributed by atoms with van der Waals surface area (Å²) in [5.74, 6) is -2.62. The third kappa shape index (κ3) is 8.90. The minimum Gasteiger partial charge on any atom is -0.460 e. The molecule has 1 N–H and O–H groups in total. The maximum Gasteiger partial charge on any atom is 0.414 e. The number of alkyl halides is 3. The lowest BCUT2D eigenvalue weighted by Crippen LogP contribution is -2.39. The molecule has 152 valence electrons. The topological polar surface area (TPSA) is 64.6 Å². The number of carbonyl (C=O) groups is 2. The van der Waals surface area contributed by atoms with Crippen molar-refractivity contribution in [1.82, 2.24) is 5.32 Å². The molecule has 1 unspecified atom stereocenters. The second kappa shape index (κ2) is 9.73. The van der Waals surface area contributed by atoms with Crippen molar-refractivity contribution in [2.24, 2.45) is 5.92 Å². The van der Waals surface area contributed by atoms with E-state index in [1.54, 1.807) is 51.1 Å². The summed E-state index contributed by atoms with van der Waals surface area (Å²) in [5.41, 5.74) is -0.215. The molecule has 0 aliphatic carbocycles. The molecule has 1 aromatic rings. The number of rotatable bonds is 8. The van der Waals surface area contributed by atoms with Crippen LogP contribution in [0.4, 0.5) is 13.2 Å². The van der Waals surface area contributed by atoms with Crippen LogP contribution >= 0.6 is 0 Å². The number of amides is 1. The molecule has 0 bridgehead atoms. The van der Waals surface area contributed by atoms with Crippen LogP contribution in [-0.2, 0) is 25.7 Å². The van der Waals surface area contributed by atoms with Gasteiger partial charge in [-0.3, -0.25) is 9.59 Å². The number of nitrogens with one attached hydrogen (secondary N) is 1. The average Bonchev–Trinajstić information content (AvgIpc) is 2.55. The van der Waals surface area contributed by atoms with Gasteiger partial charge in [0.25, 0.3) is 0 Å². The van der Waals surface area contributed by atoms with Crippen LogP contribution < -0.4 is 5.32 Å². The van der Waals surface area contributed by atoms with Gasteiger partial charge in [-0.25, -0.2) is 0 Å². The lowest BCUT2D eigenvalue weighted by atomic mass is 9.96. The van der Waals surface area contributed by atoms with E-state index in [1.165, 1.54) is 7.05 Å². The first-order chi connectivity index (χ1) is 12.4. The van der Waals surface area contributed by atoms with E-state index in [1.807, 2.05) is 0 Å². The molecule has 0 heterocycles. The summed E-state index contributed by atoms with van der Waals surface area (Å²) in [7, 11) is 1.30. The summed E-state index contributed by atoms with van der Waals surface area (Å²) < 4.78 is 50.3. The molecule has 0 saturated heterocycles. The third-order valence-electron chi connectivity index (χ3n) is 3.61. The first kappa shape index (κ1) is 23.0. The quantitative estimate of drug-likeness (QED) is 0.690. The number of benzene rings is 1. The summed E-state index contributed by atoms with van der Waals surface area (Å²) in [5, 5.41) is 2.29. The van der Waals surface area contributed by atoms with Crippen LogP contribution in [0.15, 0.2) is 30.3 Å². The Morgan fingerprint density at radius 1 is 1.11 bits per heavy atom. The number of hydrogen-bond donors (Lipinski definition) is 1. The molecule has 1 aromatic carbocycles. The van der Waals surface area contributed by atoms with Gasteiger partial charge in [-0.1, -0.05) is 30.3 Å². The number of esters is 1. The highest BCUT2D eigenvalue weighted by atomic mass is 19.4. The Hall–Kier alpha value is -2.09. The highest BCUT2D eigenvalue weighted by Gasteiger charge is 2.43. The van der Waals surface area contributed by atoms with Gasteiger partial charge in [-0.2, -0.15) is 13.2 Å². The molecule has 27 heavy (non-hydrogen) atoms. The maximum atomic E-state index is 13.4. The summed E-state index contributed by atoms with van der Waals surface area (Å²) in [6, 6.07) is 8.41. The molecular formula is C19H26F3NO4. The Bertz CT molecular complexity index is 612. The Morgan fingerprint density at radius 3 is 2.19 bits per heavy atom. The zero-order valence-corrected chi connectivity index (χ0v) is 15.9. The molecule has 0 spiro atoms. The van der Waals surface area contributed by atoms with E-state index in [0.717, 1.165) is 0 Å². The average molecular weight is 389 g/mol. The molecule has 1 rings (SSSR count). The first-order valence-corrected chi connectivity index (χ1v) is 8.58. The number of carbonyl (C=O) groups excluding carboxylic acids is 2. The second-order valence-corrected chi connectivity index (χ2v) is 7.16. The van der Waals surface area contributed by atoms with Crippen LogP contribution in [0.1, 0.15) is 39.2 Å². The van der Waals surface area contributed by atoms with E-state index >= 15 is 0 Å². The molecule has 0 aliphatic heterocycles. The minimum absolute atomic E-state index is 0.252. The van der Waals surface area contributed by atoms with Crippen molar-refractivity contribution in [2.45, 2.75) is 58.1 Å². The van der Waals surface area contributed by atoms with Crippen LogP contribution in [0.3, 0.4) is 0 Å². The number of hydrogen-bond acceptors (Lipinski definition) is 4. The predicted molar refractivity (Wildman–Crippen MR) is 93.7 cm³/mol. The number of halogens is 3. The van der Waals surface area contributed by atoms with Crippen LogP contribution in [0.5, 0.6) is 0 Å². The molecule has 0 fully saturated rings. The van der Waals surface area contributed by atoms with Gasteiger partial charge in [0, 0.05) is 7.05 Å². The zero-order chi connectivity index (χ0) is 20.7. The van der Waals surface area contributed by atoms with Gasteiger partial charge < -0.3 is 14.8 Å². The molecule has 5 nitrogen and oxygen atoms in total. The summed E-state index contributed by atoms with van der Waals surface area (Å²) in [6.45, 7) is 4.67. The van der Waals surface area contributed by atoms with E-state index in [2.05, 4.69) is 5.32 Å². The molecule has 1 amide bonds. The molecule has 2 atom stereocenters. The standard InChI is InChI=1S/C19H26F3NO4/c1-18(2,3)27-16(24)11-14(17(25)23-4)10-15(19(20,21)22)26-12-13-8-6-5-7-9-13/h5-9,14-15H,10-12H2,1-4H3,(H,23,25)/t14-,15?/m0/s1. The normalized spacial score (nSPS) is 14.3. The molecule has 0 saturated carbocycles. The monoisotopic (exact) mass is 389 g/mol. The Kier molecular flexibility index (Phi) is 8.27. The summed E-state index contributed by atoms with van der Waals surface area (Å²) in [4.78, 5) is 24.0. The van der Waals surface area contributed by atoms with E-state index in [9.17, 15) is 22.8 Å². The number of ether oxygens (including phenoxy) is 2. The lowest BCUT2D eigenvalue weighted by Gasteiger charge is -2.26. The van der Waals surface area contributed by atoms with Crippen molar-refractivity contribution in [3.8, 4) is 0 Å². The highest BCUT2D eigenvalue weighted by Crippen LogP contribution is 2.30. The van der Waals surface area contributed by atoms with E-state index in [0.29, 0.717) is 5.56 Å². The van der Waals surface area contributed by atoms with Crippen molar-refractivity contribution in [1.29, 1.82) is 0 Å². The van der Waals surface area contributed by atoms with Gasteiger partial charge in [0.2, 0.25) is 5.91 Å². The minimum atomic E-state index is -4.67. The zero-order valence-electron chi connectivity index (χ0n) is 15.9. The van der Waals surface area contributed by atoms with Crippen LogP contribution in [-0.4, -0.2) is 36.8 Å². The summed E-state index contributed by atoms with van der Waals surface area (Å²) >= 11 is 0. The van der Waals surface area contributed by atoms with Crippen LogP contribution in [0.2, 0.25) is 0 Å². The Morgan fingerprint density at radius 2 is 1.70 bits per heavy atom. The smallest absolute Gasteiger partial charge is 0.414 e. The largest absolute Gasteiger partial charge is 0.460 e. The molecule has 0 aliphatic rings. The van der Waals surface area contributed by atoms with Crippen molar-refractivity contribution >= 4 is 11.9 Å². The fourth-order valence-corrected chi connectivity index (χ4v) is 2.40. The Labute approximate surface area is 157 Å². The molecule has 0 aromatic heterocycles. The lowest BCUT2D eigenvalue weighted by molar-refractivity contribution is -0.228. The van der Waals surface area contributed by atoms with E-state index in [-0.39, 0.29) is 6.61 Å².